The average molecular weight is 363 g/mol. The van der Waals surface area contributed by atoms with Gasteiger partial charge in [-0.2, -0.15) is 8.78 Å². The number of aliphatic hydroxyl groups is 1. The van der Waals surface area contributed by atoms with Gasteiger partial charge in [0.1, 0.15) is 5.60 Å². The molecular formula is C19H19F2NO2S. The minimum absolute atomic E-state index is 0.0498. The molecule has 0 saturated heterocycles. The van der Waals surface area contributed by atoms with Crippen molar-refractivity contribution in [3.63, 3.8) is 0 Å². The van der Waals surface area contributed by atoms with Crippen LogP contribution in [-0.4, -0.2) is 23.3 Å². The van der Waals surface area contributed by atoms with Crippen molar-refractivity contribution in [3.8, 4) is 0 Å². The molecule has 1 saturated carbocycles. The lowest BCUT2D eigenvalue weighted by Crippen LogP contribution is -2.42. The third kappa shape index (κ3) is 4.19. The van der Waals surface area contributed by atoms with E-state index in [2.05, 4.69) is 5.32 Å². The first-order valence-corrected chi connectivity index (χ1v) is 8.98. The fourth-order valence-corrected chi connectivity index (χ4v) is 3.57. The summed E-state index contributed by atoms with van der Waals surface area (Å²) in [6.07, 6.45) is 1.80. The summed E-state index contributed by atoms with van der Waals surface area (Å²) < 4.78 is 25.3. The van der Waals surface area contributed by atoms with Crippen LogP contribution in [0.2, 0.25) is 0 Å². The summed E-state index contributed by atoms with van der Waals surface area (Å²) >= 11 is 0.345. The molecule has 1 amide bonds. The van der Waals surface area contributed by atoms with Crippen molar-refractivity contribution in [1.82, 2.24) is 5.32 Å². The predicted molar refractivity (Wildman–Crippen MR) is 93.7 cm³/mol. The van der Waals surface area contributed by atoms with Crippen LogP contribution < -0.4 is 5.32 Å². The molecule has 1 aliphatic carbocycles. The Labute approximate surface area is 149 Å². The lowest BCUT2D eigenvalue weighted by molar-refractivity contribution is 0.0135. The van der Waals surface area contributed by atoms with Gasteiger partial charge in [0, 0.05) is 4.90 Å². The summed E-state index contributed by atoms with van der Waals surface area (Å²) in [5, 5.41) is 13.8. The number of halogens is 2. The third-order valence-electron chi connectivity index (χ3n) is 4.39. The smallest absolute Gasteiger partial charge is 0.288 e. The van der Waals surface area contributed by atoms with Crippen molar-refractivity contribution in [1.29, 1.82) is 0 Å². The number of carbonyl (C=O) groups excluding carboxylic acids is 1. The number of carbonyl (C=O) groups is 1. The summed E-state index contributed by atoms with van der Waals surface area (Å²) in [5.41, 5.74) is -0.186. The quantitative estimate of drug-likeness (QED) is 0.730. The third-order valence-corrected chi connectivity index (χ3v) is 5.18. The Bertz CT molecular complexity index is 737. The fraction of sp³-hybridized carbons (Fsp3) is 0.316. The van der Waals surface area contributed by atoms with Gasteiger partial charge in [-0.25, -0.2) is 0 Å². The van der Waals surface area contributed by atoms with Crippen LogP contribution >= 0.6 is 11.8 Å². The Morgan fingerprint density at radius 1 is 1.16 bits per heavy atom. The molecule has 1 aliphatic rings. The van der Waals surface area contributed by atoms with E-state index in [4.69, 9.17) is 0 Å². The van der Waals surface area contributed by atoms with E-state index in [9.17, 15) is 18.7 Å². The molecule has 0 heterocycles. The summed E-state index contributed by atoms with van der Waals surface area (Å²) in [6, 6.07) is 15.5. The summed E-state index contributed by atoms with van der Waals surface area (Å²) in [4.78, 5) is 12.7. The number of nitrogens with one attached hydrogen (secondary N) is 1. The Kier molecular flexibility index (Phi) is 5.39. The molecule has 0 spiro atoms. The van der Waals surface area contributed by atoms with Crippen LogP contribution in [0.1, 0.15) is 28.8 Å². The second kappa shape index (κ2) is 7.54. The summed E-state index contributed by atoms with van der Waals surface area (Å²) in [6.45, 7) is 0.0498. The van der Waals surface area contributed by atoms with Gasteiger partial charge in [0.05, 0.1) is 12.1 Å². The molecule has 0 radical (unpaired) electrons. The predicted octanol–water partition coefficient (Wildman–Crippen LogP) is 4.03. The maximum atomic E-state index is 12.7. The molecule has 6 heteroatoms. The summed E-state index contributed by atoms with van der Waals surface area (Å²) in [7, 11) is 0. The van der Waals surface area contributed by atoms with E-state index in [0.29, 0.717) is 11.8 Å². The normalized spacial score (nSPS) is 16.5. The van der Waals surface area contributed by atoms with Gasteiger partial charge in [-0.1, -0.05) is 54.2 Å². The van der Waals surface area contributed by atoms with Gasteiger partial charge in [-0.3, -0.25) is 4.79 Å². The first-order valence-electron chi connectivity index (χ1n) is 8.10. The van der Waals surface area contributed by atoms with Crippen molar-refractivity contribution in [3.05, 3.63) is 65.7 Å². The van der Waals surface area contributed by atoms with E-state index in [1.807, 2.05) is 30.3 Å². The number of benzene rings is 2. The van der Waals surface area contributed by atoms with Crippen LogP contribution in [0.15, 0.2) is 59.5 Å². The zero-order chi connectivity index (χ0) is 17.9. The Morgan fingerprint density at radius 2 is 1.80 bits per heavy atom. The molecule has 0 aromatic heterocycles. The lowest BCUT2D eigenvalue weighted by Gasteiger charge is -2.29. The highest BCUT2D eigenvalue weighted by molar-refractivity contribution is 7.99. The van der Waals surface area contributed by atoms with Crippen molar-refractivity contribution in [2.24, 2.45) is 5.92 Å². The Hall–Kier alpha value is -1.92. The van der Waals surface area contributed by atoms with Crippen LogP contribution in [0.5, 0.6) is 0 Å². The number of thioether (sulfide) groups is 1. The van der Waals surface area contributed by atoms with Crippen molar-refractivity contribution < 1.29 is 18.7 Å². The van der Waals surface area contributed by atoms with Crippen LogP contribution in [0.3, 0.4) is 0 Å². The minimum Gasteiger partial charge on any atom is -0.383 e. The number of amides is 1. The van der Waals surface area contributed by atoms with Gasteiger partial charge in [0.25, 0.3) is 11.7 Å². The van der Waals surface area contributed by atoms with Crippen LogP contribution in [0.4, 0.5) is 8.78 Å². The molecule has 0 unspecified atom stereocenters. The second-order valence-electron chi connectivity index (χ2n) is 6.12. The van der Waals surface area contributed by atoms with Gasteiger partial charge < -0.3 is 10.4 Å². The molecule has 0 bridgehead atoms. The molecule has 3 nitrogen and oxygen atoms in total. The minimum atomic E-state index is -2.60. The molecule has 0 aliphatic heterocycles. The average Bonchev–Trinajstić information content (AvgIpc) is 3.46. The highest BCUT2D eigenvalue weighted by Crippen LogP contribution is 2.45. The number of rotatable bonds is 7. The summed E-state index contributed by atoms with van der Waals surface area (Å²) in [5.74, 6) is -2.96. The fourth-order valence-electron chi connectivity index (χ4n) is 2.93. The van der Waals surface area contributed by atoms with Crippen LogP contribution in [0, 0.1) is 5.92 Å². The van der Waals surface area contributed by atoms with E-state index in [1.54, 1.807) is 12.1 Å². The molecule has 2 aromatic rings. The van der Waals surface area contributed by atoms with Crippen molar-refractivity contribution >= 4 is 17.7 Å². The highest BCUT2D eigenvalue weighted by atomic mass is 32.2. The number of hydrogen-bond acceptors (Lipinski definition) is 3. The maximum absolute atomic E-state index is 12.7. The van der Waals surface area contributed by atoms with Gasteiger partial charge in [-0.15, -0.1) is 0 Å². The second-order valence-corrected chi connectivity index (χ2v) is 7.15. The Balaban J connectivity index is 1.75. The molecular weight excluding hydrogens is 344 g/mol. The zero-order valence-corrected chi connectivity index (χ0v) is 14.3. The van der Waals surface area contributed by atoms with Gasteiger partial charge in [-0.05, 0) is 36.5 Å². The van der Waals surface area contributed by atoms with Crippen LogP contribution in [-0.2, 0) is 5.60 Å². The van der Waals surface area contributed by atoms with Gasteiger partial charge >= 0.3 is 0 Å². The van der Waals surface area contributed by atoms with E-state index >= 15 is 0 Å². The topological polar surface area (TPSA) is 49.3 Å². The Morgan fingerprint density at radius 3 is 2.44 bits per heavy atom. The van der Waals surface area contributed by atoms with E-state index in [1.165, 1.54) is 12.1 Å². The number of alkyl halides is 2. The molecule has 132 valence electrons. The standard InChI is InChI=1S/C19H19F2NO2S/c20-18(21)25-16-9-5-4-8-15(16)17(23)22-12-19(24,14-10-11-14)13-6-2-1-3-7-13/h1-9,14,18,24H,10-12H2,(H,22,23)/t19-/m1/s1. The maximum Gasteiger partial charge on any atom is 0.288 e. The van der Waals surface area contributed by atoms with Crippen molar-refractivity contribution in [2.45, 2.75) is 29.1 Å². The van der Waals surface area contributed by atoms with Gasteiger partial charge in [0.2, 0.25) is 0 Å². The zero-order valence-electron chi connectivity index (χ0n) is 13.5. The number of hydrogen-bond donors (Lipinski definition) is 2. The molecule has 2 aromatic carbocycles. The monoisotopic (exact) mass is 363 g/mol. The molecule has 1 atom stereocenters. The first kappa shape index (κ1) is 17.9. The van der Waals surface area contributed by atoms with Crippen molar-refractivity contribution in [2.75, 3.05) is 6.54 Å². The molecule has 1 fully saturated rings. The van der Waals surface area contributed by atoms with E-state index in [-0.39, 0.29) is 22.9 Å². The van der Waals surface area contributed by atoms with Crippen LogP contribution in [0.25, 0.3) is 0 Å². The molecule has 25 heavy (non-hydrogen) atoms. The SMILES string of the molecule is O=C(NC[C@@](O)(c1ccccc1)C1CC1)c1ccccc1SC(F)F. The van der Waals surface area contributed by atoms with E-state index in [0.717, 1.165) is 18.4 Å². The molecule has 2 N–H and O–H groups in total. The lowest BCUT2D eigenvalue weighted by atomic mass is 9.88. The molecule has 3 rings (SSSR count). The van der Waals surface area contributed by atoms with Gasteiger partial charge in [0.15, 0.2) is 0 Å². The van der Waals surface area contributed by atoms with E-state index < -0.39 is 17.3 Å². The largest absolute Gasteiger partial charge is 0.383 e. The highest BCUT2D eigenvalue weighted by Gasteiger charge is 2.45. The first-order chi connectivity index (χ1) is 12.0.